The SMILES string of the molecule is NC1CCCN(c2nccc(-c3cscn3)n2)C1. The van der Waals surface area contributed by atoms with Gasteiger partial charge in [0.1, 0.15) is 0 Å². The highest BCUT2D eigenvalue weighted by Crippen LogP contribution is 2.20. The number of thiazole rings is 1. The van der Waals surface area contributed by atoms with Crippen molar-refractivity contribution >= 4 is 17.3 Å². The number of nitrogens with zero attached hydrogens (tertiary/aromatic N) is 4. The minimum absolute atomic E-state index is 0.227. The zero-order valence-corrected chi connectivity index (χ0v) is 10.8. The van der Waals surface area contributed by atoms with E-state index in [1.807, 2.05) is 17.0 Å². The van der Waals surface area contributed by atoms with Gasteiger partial charge >= 0.3 is 0 Å². The van der Waals surface area contributed by atoms with Gasteiger partial charge in [-0.2, -0.15) is 0 Å². The van der Waals surface area contributed by atoms with E-state index in [-0.39, 0.29) is 6.04 Å². The largest absolute Gasteiger partial charge is 0.339 e. The molecular weight excluding hydrogens is 246 g/mol. The maximum absolute atomic E-state index is 5.99. The predicted molar refractivity (Wildman–Crippen MR) is 72.6 cm³/mol. The van der Waals surface area contributed by atoms with Gasteiger partial charge in [-0.15, -0.1) is 11.3 Å². The van der Waals surface area contributed by atoms with E-state index >= 15 is 0 Å². The lowest BCUT2D eigenvalue weighted by atomic mass is 10.1. The molecule has 0 saturated carbocycles. The van der Waals surface area contributed by atoms with E-state index in [1.54, 1.807) is 17.5 Å². The number of hydrogen-bond acceptors (Lipinski definition) is 6. The quantitative estimate of drug-likeness (QED) is 0.888. The van der Waals surface area contributed by atoms with Gasteiger partial charge in [-0.3, -0.25) is 0 Å². The lowest BCUT2D eigenvalue weighted by molar-refractivity contribution is 0.500. The van der Waals surface area contributed by atoms with Gasteiger partial charge in [0.15, 0.2) is 0 Å². The number of piperidine rings is 1. The Hall–Kier alpha value is -1.53. The highest BCUT2D eigenvalue weighted by Gasteiger charge is 2.19. The summed E-state index contributed by atoms with van der Waals surface area (Å²) in [5.74, 6) is 0.760. The van der Waals surface area contributed by atoms with Crippen LogP contribution in [0.2, 0.25) is 0 Å². The average Bonchev–Trinajstić information content (AvgIpc) is 2.93. The van der Waals surface area contributed by atoms with E-state index in [1.165, 1.54) is 0 Å². The van der Waals surface area contributed by atoms with Crippen LogP contribution < -0.4 is 10.6 Å². The number of nitrogens with two attached hydrogens (primary N) is 1. The van der Waals surface area contributed by atoms with Crippen molar-refractivity contribution in [2.45, 2.75) is 18.9 Å². The summed E-state index contributed by atoms with van der Waals surface area (Å²) in [6, 6.07) is 2.12. The molecule has 5 nitrogen and oxygen atoms in total. The minimum atomic E-state index is 0.227. The molecule has 3 rings (SSSR count). The van der Waals surface area contributed by atoms with E-state index in [2.05, 4.69) is 19.9 Å². The minimum Gasteiger partial charge on any atom is -0.339 e. The van der Waals surface area contributed by atoms with Gasteiger partial charge in [0.2, 0.25) is 5.95 Å². The Balaban J connectivity index is 1.86. The van der Waals surface area contributed by atoms with Crippen LogP contribution in [-0.2, 0) is 0 Å². The summed E-state index contributed by atoms with van der Waals surface area (Å²) in [5, 5.41) is 1.99. The van der Waals surface area contributed by atoms with Gasteiger partial charge in [-0.25, -0.2) is 15.0 Å². The first-order valence-corrected chi connectivity index (χ1v) is 6.99. The fourth-order valence-corrected chi connectivity index (χ4v) is 2.72. The Morgan fingerprint density at radius 3 is 3.06 bits per heavy atom. The Morgan fingerprint density at radius 2 is 2.28 bits per heavy atom. The molecule has 2 aromatic rings. The van der Waals surface area contributed by atoms with Crippen LogP contribution in [0, 0.1) is 0 Å². The van der Waals surface area contributed by atoms with E-state index in [0.717, 1.165) is 43.3 Å². The molecule has 94 valence electrons. The van der Waals surface area contributed by atoms with Crippen molar-refractivity contribution in [2.75, 3.05) is 18.0 Å². The molecule has 2 aromatic heterocycles. The summed E-state index contributed by atoms with van der Waals surface area (Å²) in [7, 11) is 0. The first-order chi connectivity index (χ1) is 8.83. The third-order valence-corrected chi connectivity index (χ3v) is 3.66. The van der Waals surface area contributed by atoms with Crippen LogP contribution in [0.5, 0.6) is 0 Å². The van der Waals surface area contributed by atoms with E-state index in [9.17, 15) is 0 Å². The van der Waals surface area contributed by atoms with Gasteiger partial charge < -0.3 is 10.6 Å². The molecule has 0 amide bonds. The second-order valence-corrected chi connectivity index (χ2v) is 5.18. The zero-order chi connectivity index (χ0) is 12.4. The van der Waals surface area contributed by atoms with Crippen LogP contribution >= 0.6 is 11.3 Å². The fraction of sp³-hybridized carbons (Fsp3) is 0.417. The fourth-order valence-electron chi connectivity index (χ4n) is 2.17. The van der Waals surface area contributed by atoms with Crippen LogP contribution in [-0.4, -0.2) is 34.1 Å². The summed E-state index contributed by atoms with van der Waals surface area (Å²) in [6.45, 7) is 1.81. The Morgan fingerprint density at radius 1 is 1.33 bits per heavy atom. The van der Waals surface area contributed by atoms with E-state index in [4.69, 9.17) is 5.73 Å². The molecule has 1 aliphatic heterocycles. The maximum atomic E-state index is 5.99. The molecule has 6 heteroatoms. The van der Waals surface area contributed by atoms with Gasteiger partial charge in [0.05, 0.1) is 16.9 Å². The van der Waals surface area contributed by atoms with Gasteiger partial charge in [-0.05, 0) is 18.9 Å². The van der Waals surface area contributed by atoms with Crippen molar-refractivity contribution in [1.82, 2.24) is 15.0 Å². The molecule has 0 spiro atoms. The van der Waals surface area contributed by atoms with Crippen molar-refractivity contribution in [3.8, 4) is 11.4 Å². The molecule has 1 aliphatic rings. The van der Waals surface area contributed by atoms with Crippen molar-refractivity contribution in [2.24, 2.45) is 5.73 Å². The molecule has 2 N–H and O–H groups in total. The monoisotopic (exact) mass is 261 g/mol. The van der Waals surface area contributed by atoms with Crippen molar-refractivity contribution in [1.29, 1.82) is 0 Å². The highest BCUT2D eigenvalue weighted by molar-refractivity contribution is 7.07. The maximum Gasteiger partial charge on any atom is 0.225 e. The van der Waals surface area contributed by atoms with E-state index < -0.39 is 0 Å². The second-order valence-electron chi connectivity index (χ2n) is 4.46. The molecule has 1 saturated heterocycles. The number of hydrogen-bond donors (Lipinski definition) is 1. The van der Waals surface area contributed by atoms with E-state index in [0.29, 0.717) is 0 Å². The summed E-state index contributed by atoms with van der Waals surface area (Å²) in [5.41, 5.74) is 9.58. The van der Waals surface area contributed by atoms with Gasteiger partial charge in [-0.1, -0.05) is 0 Å². The molecule has 0 aliphatic carbocycles. The molecule has 1 unspecified atom stereocenters. The lowest BCUT2D eigenvalue weighted by Gasteiger charge is -2.30. The Bertz CT molecular complexity index is 513. The third-order valence-electron chi connectivity index (χ3n) is 3.08. The molecule has 0 aromatic carbocycles. The smallest absolute Gasteiger partial charge is 0.225 e. The van der Waals surface area contributed by atoms with Crippen LogP contribution in [0.15, 0.2) is 23.2 Å². The molecule has 1 atom stereocenters. The lowest BCUT2D eigenvalue weighted by Crippen LogP contribution is -2.43. The summed E-state index contributed by atoms with van der Waals surface area (Å²) >= 11 is 1.57. The summed E-state index contributed by atoms with van der Waals surface area (Å²) < 4.78 is 0. The Kier molecular flexibility index (Phi) is 3.21. The van der Waals surface area contributed by atoms with Crippen LogP contribution in [0.1, 0.15) is 12.8 Å². The second kappa shape index (κ2) is 4.99. The molecule has 18 heavy (non-hydrogen) atoms. The first kappa shape index (κ1) is 11.6. The number of aromatic nitrogens is 3. The molecule has 0 bridgehead atoms. The number of rotatable bonds is 2. The molecule has 1 fully saturated rings. The van der Waals surface area contributed by atoms with Crippen LogP contribution in [0.4, 0.5) is 5.95 Å². The predicted octanol–water partition coefficient (Wildman–Crippen LogP) is 1.53. The number of anilines is 1. The van der Waals surface area contributed by atoms with Gasteiger partial charge in [0, 0.05) is 30.7 Å². The van der Waals surface area contributed by atoms with Crippen molar-refractivity contribution < 1.29 is 0 Å². The van der Waals surface area contributed by atoms with Crippen LogP contribution in [0.25, 0.3) is 11.4 Å². The first-order valence-electron chi connectivity index (χ1n) is 6.05. The summed E-state index contributed by atoms with van der Waals surface area (Å²) in [6.07, 6.45) is 3.98. The van der Waals surface area contributed by atoms with Crippen molar-refractivity contribution in [3.05, 3.63) is 23.2 Å². The van der Waals surface area contributed by atoms with Crippen LogP contribution in [0.3, 0.4) is 0 Å². The molecule has 3 heterocycles. The standard InChI is InChI=1S/C12H15N5S/c13-9-2-1-5-17(6-9)12-14-4-3-10(16-12)11-7-18-8-15-11/h3-4,7-9H,1-2,5-6,13H2. The average molecular weight is 261 g/mol. The normalized spacial score (nSPS) is 20.1. The zero-order valence-electron chi connectivity index (χ0n) is 9.99. The third kappa shape index (κ3) is 2.34. The van der Waals surface area contributed by atoms with Gasteiger partial charge in [0.25, 0.3) is 0 Å². The Labute approximate surface area is 110 Å². The molecular formula is C12H15N5S. The highest BCUT2D eigenvalue weighted by atomic mass is 32.1. The summed E-state index contributed by atoms with van der Waals surface area (Å²) in [4.78, 5) is 15.3. The van der Waals surface area contributed by atoms with Crippen molar-refractivity contribution in [3.63, 3.8) is 0 Å². The topological polar surface area (TPSA) is 67.9 Å². The molecule has 0 radical (unpaired) electrons.